The van der Waals surface area contributed by atoms with Gasteiger partial charge < -0.3 is 10.2 Å². The summed E-state index contributed by atoms with van der Waals surface area (Å²) < 4.78 is 18.3. The average molecular weight is 249 g/mol. The molecule has 1 heterocycles. The molecule has 0 aliphatic carbocycles. The van der Waals surface area contributed by atoms with Crippen molar-refractivity contribution in [3.8, 4) is 11.3 Å². The third kappa shape index (κ3) is 2.94. The summed E-state index contributed by atoms with van der Waals surface area (Å²) in [6.07, 6.45) is 1.41. The molecule has 96 valence electrons. The van der Waals surface area contributed by atoms with E-state index in [9.17, 15) is 4.39 Å². The van der Waals surface area contributed by atoms with Gasteiger partial charge in [-0.25, -0.2) is 9.37 Å². The first-order valence-electron chi connectivity index (χ1n) is 5.77. The minimum Gasteiger partial charge on any atom is -0.446 e. The molecule has 0 spiro atoms. The highest BCUT2D eigenvalue weighted by atomic mass is 19.1. The fourth-order valence-electron chi connectivity index (χ4n) is 1.77. The zero-order valence-electron chi connectivity index (χ0n) is 10.3. The van der Waals surface area contributed by atoms with Crippen molar-refractivity contribution >= 4 is 0 Å². The van der Waals surface area contributed by atoms with Gasteiger partial charge in [0.1, 0.15) is 17.3 Å². The molecule has 4 nitrogen and oxygen atoms in total. The van der Waals surface area contributed by atoms with E-state index in [0.29, 0.717) is 13.1 Å². The van der Waals surface area contributed by atoms with Crippen molar-refractivity contribution in [2.75, 3.05) is 20.1 Å². The number of nitrogens with zero attached hydrogens (tertiary/aromatic N) is 2. The van der Waals surface area contributed by atoms with Crippen LogP contribution in [0.4, 0.5) is 4.39 Å². The lowest BCUT2D eigenvalue weighted by molar-refractivity contribution is 0.303. The van der Waals surface area contributed by atoms with E-state index in [-0.39, 0.29) is 5.82 Å². The zero-order valence-corrected chi connectivity index (χ0v) is 10.3. The molecular weight excluding hydrogens is 233 g/mol. The maximum Gasteiger partial charge on any atom is 0.181 e. The number of hydrogen-bond donors (Lipinski definition) is 1. The van der Waals surface area contributed by atoms with E-state index in [4.69, 9.17) is 10.2 Å². The minimum absolute atomic E-state index is 0.260. The predicted octanol–water partition coefficient (Wildman–Crippen LogP) is 1.87. The smallest absolute Gasteiger partial charge is 0.181 e. The standard InChI is InChI=1S/C13H16FN3O/c1-17(7-6-15)8-12-13(16-9-18-12)10-2-4-11(14)5-3-10/h2-5,9H,6-8,15H2,1H3. The van der Waals surface area contributed by atoms with Gasteiger partial charge in [0.2, 0.25) is 0 Å². The minimum atomic E-state index is -0.260. The fourth-order valence-corrected chi connectivity index (χ4v) is 1.77. The van der Waals surface area contributed by atoms with Crippen molar-refractivity contribution in [1.29, 1.82) is 0 Å². The van der Waals surface area contributed by atoms with Crippen LogP contribution in [0.25, 0.3) is 11.3 Å². The quantitative estimate of drug-likeness (QED) is 0.879. The molecule has 0 aliphatic rings. The Kier molecular flexibility index (Phi) is 4.07. The SMILES string of the molecule is CN(CCN)Cc1ocnc1-c1ccc(F)cc1. The molecule has 0 amide bonds. The van der Waals surface area contributed by atoms with Crippen LogP contribution in [0, 0.1) is 5.82 Å². The summed E-state index contributed by atoms with van der Waals surface area (Å²) in [5, 5.41) is 0. The van der Waals surface area contributed by atoms with Gasteiger partial charge in [-0.1, -0.05) is 0 Å². The molecule has 0 atom stereocenters. The molecule has 0 bridgehead atoms. The first kappa shape index (κ1) is 12.7. The molecule has 0 radical (unpaired) electrons. The highest BCUT2D eigenvalue weighted by Crippen LogP contribution is 2.23. The van der Waals surface area contributed by atoms with Crippen molar-refractivity contribution in [2.45, 2.75) is 6.54 Å². The van der Waals surface area contributed by atoms with E-state index < -0.39 is 0 Å². The number of aromatic nitrogens is 1. The second-order valence-corrected chi connectivity index (χ2v) is 4.16. The van der Waals surface area contributed by atoms with Gasteiger partial charge in [0, 0.05) is 18.7 Å². The molecule has 2 rings (SSSR count). The Morgan fingerprint density at radius 2 is 2.06 bits per heavy atom. The Morgan fingerprint density at radius 1 is 1.33 bits per heavy atom. The highest BCUT2D eigenvalue weighted by molar-refractivity contribution is 5.60. The van der Waals surface area contributed by atoms with Crippen molar-refractivity contribution in [1.82, 2.24) is 9.88 Å². The molecule has 0 fully saturated rings. The van der Waals surface area contributed by atoms with Crippen LogP contribution in [0.1, 0.15) is 5.76 Å². The van der Waals surface area contributed by atoms with E-state index in [1.807, 2.05) is 11.9 Å². The lowest BCUT2D eigenvalue weighted by Gasteiger charge is -2.13. The van der Waals surface area contributed by atoms with Gasteiger partial charge in [0.15, 0.2) is 6.39 Å². The number of oxazole rings is 1. The van der Waals surface area contributed by atoms with E-state index in [1.54, 1.807) is 12.1 Å². The van der Waals surface area contributed by atoms with Gasteiger partial charge in [-0.05, 0) is 31.3 Å². The van der Waals surface area contributed by atoms with Crippen LogP contribution in [0.3, 0.4) is 0 Å². The molecule has 2 aromatic rings. The topological polar surface area (TPSA) is 55.3 Å². The maximum absolute atomic E-state index is 12.9. The van der Waals surface area contributed by atoms with Gasteiger partial charge in [0.25, 0.3) is 0 Å². The number of likely N-dealkylation sites (N-methyl/N-ethyl adjacent to an activating group) is 1. The third-order valence-electron chi connectivity index (χ3n) is 2.68. The Bertz CT molecular complexity index is 495. The first-order valence-corrected chi connectivity index (χ1v) is 5.77. The second-order valence-electron chi connectivity index (χ2n) is 4.16. The van der Waals surface area contributed by atoms with Crippen molar-refractivity contribution in [3.05, 3.63) is 42.2 Å². The van der Waals surface area contributed by atoms with Crippen LogP contribution in [0.5, 0.6) is 0 Å². The van der Waals surface area contributed by atoms with Gasteiger partial charge in [0.05, 0.1) is 6.54 Å². The molecule has 2 N–H and O–H groups in total. The normalized spacial score (nSPS) is 11.1. The van der Waals surface area contributed by atoms with Gasteiger partial charge in [-0.3, -0.25) is 4.90 Å². The fraction of sp³-hybridized carbons (Fsp3) is 0.308. The van der Waals surface area contributed by atoms with E-state index >= 15 is 0 Å². The number of hydrogen-bond acceptors (Lipinski definition) is 4. The number of benzene rings is 1. The van der Waals surface area contributed by atoms with E-state index in [2.05, 4.69) is 4.98 Å². The Labute approximate surface area is 105 Å². The lowest BCUT2D eigenvalue weighted by Crippen LogP contribution is -2.25. The largest absolute Gasteiger partial charge is 0.446 e. The Hall–Kier alpha value is -1.72. The predicted molar refractivity (Wildman–Crippen MR) is 67.3 cm³/mol. The van der Waals surface area contributed by atoms with Gasteiger partial charge in [-0.2, -0.15) is 0 Å². The maximum atomic E-state index is 12.9. The lowest BCUT2D eigenvalue weighted by atomic mass is 10.1. The second kappa shape index (κ2) is 5.75. The molecule has 0 aliphatic heterocycles. The molecule has 5 heteroatoms. The first-order chi connectivity index (χ1) is 8.70. The van der Waals surface area contributed by atoms with E-state index in [1.165, 1.54) is 18.5 Å². The summed E-state index contributed by atoms with van der Waals surface area (Å²) in [4.78, 5) is 6.23. The van der Waals surface area contributed by atoms with Crippen molar-refractivity contribution in [3.63, 3.8) is 0 Å². The summed E-state index contributed by atoms with van der Waals surface area (Å²) in [5.41, 5.74) is 7.09. The van der Waals surface area contributed by atoms with Crippen LogP contribution in [0.15, 0.2) is 35.1 Å². The van der Waals surface area contributed by atoms with Crippen LogP contribution < -0.4 is 5.73 Å². The van der Waals surface area contributed by atoms with Crippen molar-refractivity contribution in [2.24, 2.45) is 5.73 Å². The molecule has 0 saturated heterocycles. The number of nitrogens with two attached hydrogens (primary N) is 1. The molecule has 1 aromatic heterocycles. The highest BCUT2D eigenvalue weighted by Gasteiger charge is 2.12. The Morgan fingerprint density at radius 3 is 2.72 bits per heavy atom. The third-order valence-corrected chi connectivity index (χ3v) is 2.68. The van der Waals surface area contributed by atoms with E-state index in [0.717, 1.165) is 23.6 Å². The summed E-state index contributed by atoms with van der Waals surface area (Å²) in [6.45, 7) is 2.00. The summed E-state index contributed by atoms with van der Waals surface area (Å²) in [5.74, 6) is 0.501. The summed E-state index contributed by atoms with van der Waals surface area (Å²) in [6, 6.07) is 6.22. The zero-order chi connectivity index (χ0) is 13.0. The summed E-state index contributed by atoms with van der Waals surface area (Å²) in [7, 11) is 1.96. The number of rotatable bonds is 5. The molecule has 0 unspecified atom stereocenters. The monoisotopic (exact) mass is 249 g/mol. The molecule has 0 saturated carbocycles. The van der Waals surface area contributed by atoms with Crippen LogP contribution >= 0.6 is 0 Å². The molecule has 18 heavy (non-hydrogen) atoms. The number of halogens is 1. The molecule has 1 aromatic carbocycles. The van der Waals surface area contributed by atoms with Crippen molar-refractivity contribution < 1.29 is 8.81 Å². The summed E-state index contributed by atoms with van der Waals surface area (Å²) >= 11 is 0. The van der Waals surface area contributed by atoms with Gasteiger partial charge in [-0.15, -0.1) is 0 Å². The Balaban J connectivity index is 2.19. The van der Waals surface area contributed by atoms with Crippen LogP contribution in [-0.2, 0) is 6.54 Å². The van der Waals surface area contributed by atoms with Crippen LogP contribution in [0.2, 0.25) is 0 Å². The average Bonchev–Trinajstić information content (AvgIpc) is 2.78. The van der Waals surface area contributed by atoms with Crippen LogP contribution in [-0.4, -0.2) is 30.0 Å². The molecular formula is C13H16FN3O. The van der Waals surface area contributed by atoms with Gasteiger partial charge >= 0.3 is 0 Å².